The van der Waals surface area contributed by atoms with Gasteiger partial charge < -0.3 is 34.7 Å². The average Bonchev–Trinajstić information content (AvgIpc) is 3.80. The summed E-state index contributed by atoms with van der Waals surface area (Å²) in [6.07, 6.45) is 7.82. The lowest BCUT2D eigenvalue weighted by Gasteiger charge is -2.39. The normalized spacial score (nSPS) is 31.1. The number of amides is 2. The number of allylic oxidation sites excluding steroid dienone is 2. The number of nitrogens with two attached hydrogens (primary N) is 1. The second-order valence-corrected chi connectivity index (χ2v) is 14.9. The van der Waals surface area contributed by atoms with Crippen molar-refractivity contribution in [2.45, 2.75) is 120 Å². The van der Waals surface area contributed by atoms with Gasteiger partial charge in [-0.05, 0) is 63.3 Å². The van der Waals surface area contributed by atoms with Gasteiger partial charge in [-0.15, -0.1) is 0 Å². The number of carbonyl (C=O) groups excluding carboxylic acids is 3. The Morgan fingerprint density at radius 3 is 2.47 bits per heavy atom. The summed E-state index contributed by atoms with van der Waals surface area (Å²) in [6.45, 7) is 9.59. The number of primary sulfonamides is 1. The van der Waals surface area contributed by atoms with Crippen molar-refractivity contribution in [2.75, 3.05) is 6.61 Å². The molecule has 1 aromatic carbocycles. The van der Waals surface area contributed by atoms with Crippen LogP contribution in [0.2, 0.25) is 0 Å². The first-order chi connectivity index (χ1) is 23.0. The van der Waals surface area contributed by atoms with Crippen LogP contribution in [0, 0.1) is 5.92 Å². The van der Waals surface area contributed by atoms with E-state index < -0.39 is 46.0 Å². The molecule has 5 N–H and O–H groups in total. The minimum absolute atomic E-state index is 0.00218. The van der Waals surface area contributed by atoms with Crippen molar-refractivity contribution in [3.63, 3.8) is 0 Å². The van der Waals surface area contributed by atoms with Crippen LogP contribution in [0.3, 0.4) is 0 Å². The van der Waals surface area contributed by atoms with Crippen molar-refractivity contribution < 1.29 is 46.9 Å². The first-order valence-electron chi connectivity index (χ1n) is 16.6. The third-order valence-electron chi connectivity index (χ3n) is 9.08. The second kappa shape index (κ2) is 16.5. The number of hydrogen-bond donors (Lipinski definition) is 4. The fraction of sp³-hybridized carbons (Fsp3) is 0.571. The molecule has 14 heteroatoms. The van der Waals surface area contributed by atoms with Crippen molar-refractivity contribution in [3.05, 3.63) is 65.8 Å². The number of epoxide rings is 1. The lowest BCUT2D eigenvalue weighted by molar-refractivity contribution is -0.145. The maximum absolute atomic E-state index is 12.8. The smallest absolute Gasteiger partial charge is 0.303 e. The van der Waals surface area contributed by atoms with Gasteiger partial charge in [0, 0.05) is 26.0 Å². The highest BCUT2D eigenvalue weighted by atomic mass is 32.2. The molecule has 2 amide bonds. The van der Waals surface area contributed by atoms with Gasteiger partial charge in [0.1, 0.15) is 23.9 Å². The summed E-state index contributed by atoms with van der Waals surface area (Å²) in [5.74, 6) is -0.738. The highest BCUT2D eigenvalue weighted by Gasteiger charge is 2.58. The van der Waals surface area contributed by atoms with E-state index in [1.165, 1.54) is 31.2 Å². The van der Waals surface area contributed by atoms with Crippen molar-refractivity contribution >= 4 is 27.8 Å². The zero-order valence-electron chi connectivity index (χ0n) is 28.7. The number of nitrogens with one attached hydrogen (secondary N) is 2. The monoisotopic (exact) mass is 703 g/mol. The van der Waals surface area contributed by atoms with E-state index >= 15 is 0 Å². The molecule has 9 atom stereocenters. The molecule has 0 aromatic heterocycles. The Hall–Kier alpha value is -3.40. The van der Waals surface area contributed by atoms with Gasteiger partial charge in [-0.2, -0.15) is 0 Å². The quantitative estimate of drug-likeness (QED) is 0.102. The van der Waals surface area contributed by atoms with Crippen molar-refractivity contribution in [2.24, 2.45) is 11.1 Å². The minimum Gasteiger partial charge on any atom is -0.459 e. The molecule has 1 aromatic rings. The van der Waals surface area contributed by atoms with Crippen LogP contribution in [-0.2, 0) is 49.9 Å². The number of hydrogen-bond acceptors (Lipinski definition) is 10. The molecule has 4 rings (SSSR count). The molecule has 13 nitrogen and oxygen atoms in total. The van der Waals surface area contributed by atoms with E-state index in [2.05, 4.69) is 23.6 Å². The van der Waals surface area contributed by atoms with E-state index in [0.29, 0.717) is 19.4 Å². The second-order valence-electron chi connectivity index (χ2n) is 13.3. The number of benzene rings is 1. The number of esters is 1. The zero-order chi connectivity index (χ0) is 35.9. The minimum atomic E-state index is -3.79. The molecule has 3 heterocycles. The van der Waals surface area contributed by atoms with Crippen LogP contribution in [0.25, 0.3) is 0 Å². The molecule has 3 aliphatic rings. The van der Waals surface area contributed by atoms with Crippen LogP contribution in [0.15, 0.2) is 65.1 Å². The summed E-state index contributed by atoms with van der Waals surface area (Å²) < 4.78 is 46.0. The van der Waals surface area contributed by atoms with E-state index in [9.17, 15) is 27.9 Å². The van der Waals surface area contributed by atoms with Gasteiger partial charge in [-0.25, -0.2) is 13.6 Å². The maximum Gasteiger partial charge on any atom is 0.303 e. The van der Waals surface area contributed by atoms with E-state index in [0.717, 1.165) is 17.6 Å². The third-order valence-corrected chi connectivity index (χ3v) is 10.0. The van der Waals surface area contributed by atoms with Crippen LogP contribution >= 0.6 is 0 Å². The summed E-state index contributed by atoms with van der Waals surface area (Å²) >= 11 is 0. The maximum atomic E-state index is 12.8. The van der Waals surface area contributed by atoms with E-state index in [-0.39, 0.29) is 53.8 Å². The van der Waals surface area contributed by atoms with Gasteiger partial charge in [-0.3, -0.25) is 14.4 Å². The molecule has 0 bridgehead atoms. The Labute approximate surface area is 288 Å². The average molecular weight is 704 g/mol. The fourth-order valence-electron chi connectivity index (χ4n) is 6.16. The number of carbonyl (C=O) groups is 3. The van der Waals surface area contributed by atoms with Crippen LogP contribution in [0.5, 0.6) is 0 Å². The molecule has 1 spiro atoms. The number of sulfonamides is 1. The van der Waals surface area contributed by atoms with Crippen molar-refractivity contribution in [3.8, 4) is 0 Å². The van der Waals surface area contributed by atoms with E-state index in [1.807, 2.05) is 19.9 Å². The number of ether oxygens (including phenoxy) is 4. The molecule has 0 aliphatic carbocycles. The molecule has 1 unspecified atom stereocenters. The zero-order valence-corrected chi connectivity index (χ0v) is 29.5. The Kier molecular flexibility index (Phi) is 13.0. The lowest BCUT2D eigenvalue weighted by atomic mass is 9.87. The molecule has 3 fully saturated rings. The Bertz CT molecular complexity index is 1540. The Balaban J connectivity index is 1.25. The first-order valence-corrected chi connectivity index (χ1v) is 18.1. The summed E-state index contributed by atoms with van der Waals surface area (Å²) in [5, 5.41) is 21.9. The summed E-state index contributed by atoms with van der Waals surface area (Å²) in [5.41, 5.74) is 0.945. The third kappa shape index (κ3) is 11.3. The number of aliphatic hydroxyl groups excluding tert-OH is 1. The van der Waals surface area contributed by atoms with E-state index in [4.69, 9.17) is 24.1 Å². The van der Waals surface area contributed by atoms with Gasteiger partial charge in [-0.1, -0.05) is 42.9 Å². The predicted octanol–water partition coefficient (Wildman–Crippen LogP) is 2.33. The van der Waals surface area contributed by atoms with Gasteiger partial charge in [0.25, 0.3) is 0 Å². The lowest BCUT2D eigenvalue weighted by Crippen LogP contribution is -2.50. The van der Waals surface area contributed by atoms with Crippen molar-refractivity contribution in [1.82, 2.24) is 10.6 Å². The molecular formula is C35H49N3O10S. The van der Waals surface area contributed by atoms with Gasteiger partial charge in [0.05, 0.1) is 42.3 Å². The molecule has 3 aliphatic heterocycles. The van der Waals surface area contributed by atoms with Crippen LogP contribution in [0.4, 0.5) is 0 Å². The Morgan fingerprint density at radius 2 is 1.84 bits per heavy atom. The standard InChI is InChI=1S/C35H49N3O10S/c1-21(6-13-30-22(2)16-29(24(4)47-30)38-32(40)15-8-23(3)46-25(5)39)7-14-31-34(42)35(20-45-35)18-27(48-31)17-33(41)37-19-26-9-11-28(12-10-26)49(36,43)44/h6-12,14-15,22-24,27,29-31,34,42H,13,16-20H2,1-5H3,(H,37,41)(H,38,40)(H2,36,43,44)/b14-7+,15-8-,21-6+/t22-,23-,24+,27+,29+,30-,31+,34+,35?/m0/s1. The molecule has 0 radical (unpaired) electrons. The highest BCUT2D eigenvalue weighted by molar-refractivity contribution is 7.89. The van der Waals surface area contributed by atoms with E-state index in [1.54, 1.807) is 25.1 Å². The topological polar surface area (TPSA) is 196 Å². The highest BCUT2D eigenvalue weighted by Crippen LogP contribution is 2.43. The molecule has 0 saturated carbocycles. The van der Waals surface area contributed by atoms with Crippen molar-refractivity contribution in [1.29, 1.82) is 0 Å². The van der Waals surface area contributed by atoms with Gasteiger partial charge in [0.15, 0.2) is 0 Å². The van der Waals surface area contributed by atoms with Crippen LogP contribution in [0.1, 0.15) is 65.9 Å². The predicted molar refractivity (Wildman–Crippen MR) is 180 cm³/mol. The summed E-state index contributed by atoms with van der Waals surface area (Å²) in [6, 6.07) is 5.81. The number of rotatable bonds is 13. The molecular weight excluding hydrogens is 654 g/mol. The SMILES string of the molecule is CC(=O)O[C@@H](C)/C=C\C(=O)N[C@@H]1C[C@H](C)[C@H](C/C=C(C)/C=C/[C@H]2O[C@H](CC(=O)NCc3ccc(S(N)(=O)=O)cc3)CC3(CO3)[C@@H]2O)O[C@@H]1C. The molecule has 270 valence electrons. The van der Waals surface area contributed by atoms with Gasteiger partial charge in [0.2, 0.25) is 21.8 Å². The van der Waals surface area contributed by atoms with Crippen LogP contribution < -0.4 is 15.8 Å². The first kappa shape index (κ1) is 38.4. The summed E-state index contributed by atoms with van der Waals surface area (Å²) in [4.78, 5) is 36.2. The summed E-state index contributed by atoms with van der Waals surface area (Å²) in [7, 11) is -3.79. The Morgan fingerprint density at radius 1 is 1.14 bits per heavy atom. The molecule has 49 heavy (non-hydrogen) atoms. The fourth-order valence-corrected chi connectivity index (χ4v) is 6.68. The molecule has 3 saturated heterocycles. The van der Waals surface area contributed by atoms with Crippen LogP contribution in [-0.4, -0.2) is 86.2 Å². The van der Waals surface area contributed by atoms with Gasteiger partial charge >= 0.3 is 5.97 Å². The largest absolute Gasteiger partial charge is 0.459 e. The number of aliphatic hydroxyl groups is 1.